The Kier molecular flexibility index (Phi) is 5.20. The summed E-state index contributed by atoms with van der Waals surface area (Å²) in [6, 6.07) is 2.76. The van der Waals surface area contributed by atoms with E-state index in [4.69, 9.17) is 0 Å². The van der Waals surface area contributed by atoms with E-state index in [1.54, 1.807) is 0 Å². The van der Waals surface area contributed by atoms with Crippen LogP contribution in [0.4, 0.5) is 5.69 Å². The van der Waals surface area contributed by atoms with E-state index in [2.05, 4.69) is 42.0 Å². The van der Waals surface area contributed by atoms with Gasteiger partial charge < -0.3 is 10.2 Å². The summed E-state index contributed by atoms with van der Waals surface area (Å²) in [7, 11) is 0. The molecule has 1 N–H and O–H groups in total. The van der Waals surface area contributed by atoms with Gasteiger partial charge in [0.05, 0.1) is 0 Å². The summed E-state index contributed by atoms with van der Waals surface area (Å²) in [5.41, 5.74) is 3.84. The van der Waals surface area contributed by atoms with Crippen LogP contribution in [0.15, 0.2) is 12.3 Å². The van der Waals surface area contributed by atoms with Crippen LogP contribution in [0.5, 0.6) is 0 Å². The molecule has 106 valence electrons. The zero-order chi connectivity index (χ0) is 13.7. The van der Waals surface area contributed by atoms with Crippen molar-refractivity contribution in [2.75, 3.05) is 18.0 Å². The second kappa shape index (κ2) is 6.90. The maximum absolute atomic E-state index is 4.47. The summed E-state index contributed by atoms with van der Waals surface area (Å²) in [6.45, 7) is 9.76. The third-order valence-corrected chi connectivity index (χ3v) is 3.75. The van der Waals surface area contributed by atoms with Gasteiger partial charge in [0, 0.05) is 48.8 Å². The first-order valence-electron chi connectivity index (χ1n) is 7.60. The van der Waals surface area contributed by atoms with Crippen LogP contribution in [-0.4, -0.2) is 24.1 Å². The molecule has 0 amide bonds. The van der Waals surface area contributed by atoms with Gasteiger partial charge in [-0.05, 0) is 25.8 Å². The van der Waals surface area contributed by atoms with Gasteiger partial charge in [0.25, 0.3) is 0 Å². The Hall–Kier alpha value is -1.09. The number of hydrogen-bond acceptors (Lipinski definition) is 3. The Balaban J connectivity index is 2.17. The zero-order valence-electron chi connectivity index (χ0n) is 12.6. The molecule has 0 radical (unpaired) electrons. The molecule has 0 atom stereocenters. The molecule has 2 heterocycles. The molecule has 1 aromatic heterocycles. The van der Waals surface area contributed by atoms with Crippen LogP contribution in [-0.2, 0) is 6.54 Å². The lowest BCUT2D eigenvalue weighted by molar-refractivity contribution is 0.586. The maximum atomic E-state index is 4.47. The summed E-state index contributed by atoms with van der Waals surface area (Å²) in [5, 5.41) is 3.51. The molecule has 0 bridgehead atoms. The maximum Gasteiger partial charge on any atom is 0.0445 e. The highest BCUT2D eigenvalue weighted by atomic mass is 15.1. The van der Waals surface area contributed by atoms with Gasteiger partial charge in [-0.2, -0.15) is 0 Å². The normalized spacial score (nSPS) is 16.7. The van der Waals surface area contributed by atoms with Crippen molar-refractivity contribution in [1.82, 2.24) is 10.3 Å². The second-order valence-corrected chi connectivity index (χ2v) is 5.89. The third kappa shape index (κ3) is 4.20. The van der Waals surface area contributed by atoms with Crippen LogP contribution in [0.3, 0.4) is 0 Å². The molecular weight excluding hydrogens is 234 g/mol. The number of aryl methyl sites for hydroxylation is 1. The lowest BCUT2D eigenvalue weighted by Gasteiger charge is -2.26. The fourth-order valence-electron chi connectivity index (χ4n) is 2.63. The van der Waals surface area contributed by atoms with Gasteiger partial charge in [-0.25, -0.2) is 0 Å². The molecule has 19 heavy (non-hydrogen) atoms. The van der Waals surface area contributed by atoms with E-state index in [0.29, 0.717) is 6.04 Å². The van der Waals surface area contributed by atoms with E-state index >= 15 is 0 Å². The first-order chi connectivity index (χ1) is 9.16. The molecular formula is C16H27N3. The predicted molar refractivity (Wildman–Crippen MR) is 81.6 cm³/mol. The van der Waals surface area contributed by atoms with Crippen LogP contribution in [0.2, 0.25) is 0 Å². The minimum Gasteiger partial charge on any atom is -0.371 e. The van der Waals surface area contributed by atoms with Crippen LogP contribution in [0.25, 0.3) is 0 Å². The molecule has 1 saturated heterocycles. The van der Waals surface area contributed by atoms with Gasteiger partial charge in [0.1, 0.15) is 0 Å². The Morgan fingerprint density at radius 2 is 1.89 bits per heavy atom. The van der Waals surface area contributed by atoms with E-state index in [0.717, 1.165) is 12.2 Å². The SMILES string of the molecule is Cc1cc(N2CCCCCC2)c(CNC(C)C)cn1. The molecule has 0 aromatic carbocycles. The third-order valence-electron chi connectivity index (χ3n) is 3.75. The van der Waals surface area contributed by atoms with Gasteiger partial charge in [0.15, 0.2) is 0 Å². The molecule has 3 heteroatoms. The highest BCUT2D eigenvalue weighted by molar-refractivity contribution is 5.53. The summed E-state index contributed by atoms with van der Waals surface area (Å²) in [4.78, 5) is 7.02. The van der Waals surface area contributed by atoms with Crippen molar-refractivity contribution in [2.45, 2.75) is 59.0 Å². The zero-order valence-corrected chi connectivity index (χ0v) is 12.6. The average Bonchev–Trinajstić information content (AvgIpc) is 2.65. The molecule has 1 aliphatic heterocycles. The van der Waals surface area contributed by atoms with Crippen LogP contribution < -0.4 is 10.2 Å². The molecule has 0 unspecified atom stereocenters. The van der Waals surface area contributed by atoms with E-state index in [9.17, 15) is 0 Å². The molecule has 0 spiro atoms. The van der Waals surface area contributed by atoms with Crippen molar-refractivity contribution in [3.05, 3.63) is 23.5 Å². The van der Waals surface area contributed by atoms with Gasteiger partial charge in [-0.1, -0.05) is 26.7 Å². The molecule has 1 fully saturated rings. The first kappa shape index (κ1) is 14.3. The Morgan fingerprint density at radius 3 is 2.53 bits per heavy atom. The number of nitrogens with one attached hydrogen (secondary N) is 1. The number of rotatable bonds is 4. The second-order valence-electron chi connectivity index (χ2n) is 5.89. The molecule has 2 rings (SSSR count). The standard InChI is InChI=1S/C16H27N3/c1-13(2)17-11-15-12-18-14(3)10-16(15)19-8-6-4-5-7-9-19/h10,12-13,17H,4-9,11H2,1-3H3. The van der Waals surface area contributed by atoms with Crippen LogP contribution >= 0.6 is 0 Å². The van der Waals surface area contributed by atoms with Crippen LogP contribution in [0, 0.1) is 6.92 Å². The minimum absolute atomic E-state index is 0.512. The Morgan fingerprint density at radius 1 is 1.21 bits per heavy atom. The average molecular weight is 261 g/mol. The number of hydrogen-bond donors (Lipinski definition) is 1. The molecule has 3 nitrogen and oxygen atoms in total. The van der Waals surface area contributed by atoms with Gasteiger partial charge in [-0.3, -0.25) is 4.98 Å². The van der Waals surface area contributed by atoms with Crippen molar-refractivity contribution < 1.29 is 0 Å². The topological polar surface area (TPSA) is 28.2 Å². The van der Waals surface area contributed by atoms with Crippen molar-refractivity contribution in [2.24, 2.45) is 0 Å². The smallest absolute Gasteiger partial charge is 0.0445 e. The summed E-state index contributed by atoms with van der Waals surface area (Å²) in [5.74, 6) is 0. The Bertz CT molecular complexity index is 393. The van der Waals surface area contributed by atoms with Crippen LogP contribution in [0.1, 0.15) is 50.8 Å². The van der Waals surface area contributed by atoms with E-state index in [1.807, 2.05) is 6.20 Å². The first-order valence-corrected chi connectivity index (χ1v) is 7.60. The quantitative estimate of drug-likeness (QED) is 0.901. The number of nitrogens with zero attached hydrogens (tertiary/aromatic N) is 2. The van der Waals surface area contributed by atoms with Gasteiger partial charge in [0.2, 0.25) is 0 Å². The molecule has 1 aliphatic rings. The van der Waals surface area contributed by atoms with E-state index < -0.39 is 0 Å². The predicted octanol–water partition coefficient (Wildman–Crippen LogP) is 3.27. The minimum atomic E-state index is 0.512. The van der Waals surface area contributed by atoms with Gasteiger partial charge in [-0.15, -0.1) is 0 Å². The molecule has 0 aliphatic carbocycles. The fourth-order valence-corrected chi connectivity index (χ4v) is 2.63. The monoisotopic (exact) mass is 261 g/mol. The summed E-state index contributed by atoms with van der Waals surface area (Å²) in [6.07, 6.45) is 7.43. The van der Waals surface area contributed by atoms with Crippen molar-refractivity contribution in [3.63, 3.8) is 0 Å². The molecule has 0 saturated carbocycles. The van der Waals surface area contributed by atoms with E-state index in [-0.39, 0.29) is 0 Å². The highest BCUT2D eigenvalue weighted by Gasteiger charge is 2.14. The number of anilines is 1. The van der Waals surface area contributed by atoms with Gasteiger partial charge >= 0.3 is 0 Å². The highest BCUT2D eigenvalue weighted by Crippen LogP contribution is 2.24. The largest absolute Gasteiger partial charge is 0.371 e. The lowest BCUT2D eigenvalue weighted by atomic mass is 10.1. The Labute approximate surface area is 117 Å². The fraction of sp³-hybridized carbons (Fsp3) is 0.688. The van der Waals surface area contributed by atoms with Crippen molar-refractivity contribution >= 4 is 5.69 Å². The number of aromatic nitrogens is 1. The summed E-state index contributed by atoms with van der Waals surface area (Å²) >= 11 is 0. The molecule has 1 aromatic rings. The number of pyridine rings is 1. The summed E-state index contributed by atoms with van der Waals surface area (Å²) < 4.78 is 0. The lowest BCUT2D eigenvalue weighted by Crippen LogP contribution is -2.28. The van der Waals surface area contributed by atoms with E-state index in [1.165, 1.54) is 50.0 Å². The van der Waals surface area contributed by atoms with Crippen molar-refractivity contribution in [3.8, 4) is 0 Å². The van der Waals surface area contributed by atoms with Crippen molar-refractivity contribution in [1.29, 1.82) is 0 Å².